The molecule has 1 aliphatic heterocycles. The maximum Gasteiger partial charge on any atom is 0.258 e. The first-order valence-corrected chi connectivity index (χ1v) is 10.2. The lowest BCUT2D eigenvalue weighted by molar-refractivity contribution is 0.170. The van der Waals surface area contributed by atoms with Crippen LogP contribution in [0.3, 0.4) is 0 Å². The highest BCUT2D eigenvalue weighted by Gasteiger charge is 2.23. The summed E-state index contributed by atoms with van der Waals surface area (Å²) in [7, 11) is 0. The summed E-state index contributed by atoms with van der Waals surface area (Å²) in [4.78, 5) is 23.3. The highest BCUT2D eigenvalue weighted by atomic mass is 35.5. The molecule has 0 saturated carbocycles. The monoisotopic (exact) mass is 428 g/mol. The first-order valence-electron chi connectivity index (χ1n) is 9.81. The van der Waals surface area contributed by atoms with Crippen molar-refractivity contribution in [1.82, 2.24) is 14.5 Å². The Morgan fingerprint density at radius 1 is 1.17 bits per heavy atom. The highest BCUT2D eigenvalue weighted by molar-refractivity contribution is 6.33. The minimum absolute atomic E-state index is 0.0148. The molecule has 0 unspecified atom stereocenters. The number of piperidine rings is 1. The van der Waals surface area contributed by atoms with Gasteiger partial charge in [-0.3, -0.25) is 9.36 Å². The number of hydrogen-bond donors (Lipinski definition) is 0. The van der Waals surface area contributed by atoms with Crippen LogP contribution in [0.2, 0.25) is 5.02 Å². The molecule has 1 fully saturated rings. The van der Waals surface area contributed by atoms with Crippen molar-refractivity contribution in [3.05, 3.63) is 75.3 Å². The number of aryl methyl sites for hydroxylation is 2. The van der Waals surface area contributed by atoms with Crippen molar-refractivity contribution in [2.45, 2.75) is 32.8 Å². The van der Waals surface area contributed by atoms with Gasteiger partial charge >= 0.3 is 0 Å². The molecular formula is C22H22ClFN4O2. The van der Waals surface area contributed by atoms with E-state index in [0.717, 1.165) is 25.9 Å². The first-order chi connectivity index (χ1) is 14.4. The van der Waals surface area contributed by atoms with Crippen molar-refractivity contribution in [2.24, 2.45) is 0 Å². The zero-order valence-electron chi connectivity index (χ0n) is 16.8. The van der Waals surface area contributed by atoms with Crippen LogP contribution in [0.15, 0.2) is 47.4 Å². The third kappa shape index (κ3) is 4.31. The summed E-state index contributed by atoms with van der Waals surface area (Å²) in [6, 6.07) is 9.42. The SMILES string of the molecule is Cc1cc(=O)n(-c2cnc(N3CCC(Oc4cccc(F)c4)CC3)c(Cl)c2)c(C)n1. The molecule has 1 aromatic carbocycles. The van der Waals surface area contributed by atoms with Crippen LogP contribution in [0.1, 0.15) is 24.4 Å². The molecule has 3 heterocycles. The standard InChI is InChI=1S/C22H22ClFN4O2/c1-14-10-21(29)28(15(2)26-14)17-12-20(23)22(25-13-17)27-8-6-18(7-9-27)30-19-5-3-4-16(24)11-19/h3-5,10-13,18H,6-9H2,1-2H3. The summed E-state index contributed by atoms with van der Waals surface area (Å²) < 4.78 is 20.7. The van der Waals surface area contributed by atoms with E-state index >= 15 is 0 Å². The molecule has 0 N–H and O–H groups in total. The number of ether oxygens (including phenoxy) is 1. The van der Waals surface area contributed by atoms with Gasteiger partial charge in [0.25, 0.3) is 5.56 Å². The molecular weight excluding hydrogens is 407 g/mol. The average Bonchev–Trinajstić information content (AvgIpc) is 2.68. The Balaban J connectivity index is 1.47. The van der Waals surface area contributed by atoms with Crippen LogP contribution < -0.4 is 15.2 Å². The van der Waals surface area contributed by atoms with Gasteiger partial charge in [-0.05, 0) is 32.0 Å². The van der Waals surface area contributed by atoms with E-state index in [9.17, 15) is 9.18 Å². The Hall–Kier alpha value is -2.93. The predicted molar refractivity (Wildman–Crippen MR) is 114 cm³/mol. The molecule has 8 heteroatoms. The van der Waals surface area contributed by atoms with Crippen LogP contribution in [0.25, 0.3) is 5.69 Å². The molecule has 1 saturated heterocycles. The van der Waals surface area contributed by atoms with Gasteiger partial charge in [-0.25, -0.2) is 14.4 Å². The van der Waals surface area contributed by atoms with Gasteiger partial charge in [-0.15, -0.1) is 0 Å². The fourth-order valence-corrected chi connectivity index (χ4v) is 4.03. The normalized spacial score (nSPS) is 14.7. The number of aromatic nitrogens is 3. The van der Waals surface area contributed by atoms with Crippen LogP contribution in [0.4, 0.5) is 10.2 Å². The van der Waals surface area contributed by atoms with Gasteiger partial charge in [0.2, 0.25) is 0 Å². The second-order valence-corrected chi connectivity index (χ2v) is 7.79. The molecule has 0 spiro atoms. The molecule has 2 aromatic heterocycles. The Morgan fingerprint density at radius 3 is 2.60 bits per heavy atom. The molecule has 30 heavy (non-hydrogen) atoms. The van der Waals surface area contributed by atoms with E-state index in [1.165, 1.54) is 22.8 Å². The van der Waals surface area contributed by atoms with Gasteiger partial charge in [-0.2, -0.15) is 0 Å². The summed E-state index contributed by atoms with van der Waals surface area (Å²) in [6.45, 7) is 5.00. The molecule has 1 aliphatic rings. The Morgan fingerprint density at radius 2 is 1.93 bits per heavy atom. The Labute approximate surface area is 178 Å². The Kier molecular flexibility index (Phi) is 5.72. The second kappa shape index (κ2) is 8.44. The quantitative estimate of drug-likeness (QED) is 0.626. The number of pyridine rings is 1. The van der Waals surface area contributed by atoms with Crippen LogP contribution in [0.5, 0.6) is 5.75 Å². The molecule has 0 bridgehead atoms. The maximum absolute atomic E-state index is 13.3. The summed E-state index contributed by atoms with van der Waals surface area (Å²) in [5.41, 5.74) is 1.09. The minimum atomic E-state index is -0.306. The summed E-state index contributed by atoms with van der Waals surface area (Å²) in [5.74, 6) is 1.50. The van der Waals surface area contributed by atoms with E-state index in [0.29, 0.717) is 33.8 Å². The maximum atomic E-state index is 13.3. The third-order valence-corrected chi connectivity index (χ3v) is 5.40. The van der Waals surface area contributed by atoms with E-state index in [1.54, 1.807) is 38.2 Å². The molecule has 6 nitrogen and oxygen atoms in total. The van der Waals surface area contributed by atoms with Gasteiger partial charge in [0.15, 0.2) is 0 Å². The lowest BCUT2D eigenvalue weighted by atomic mass is 10.1. The molecule has 3 aromatic rings. The molecule has 4 rings (SSSR count). The predicted octanol–water partition coefficient (Wildman–Crippen LogP) is 4.08. The molecule has 0 atom stereocenters. The van der Waals surface area contributed by atoms with E-state index in [4.69, 9.17) is 16.3 Å². The zero-order chi connectivity index (χ0) is 21.3. The zero-order valence-corrected chi connectivity index (χ0v) is 17.6. The van der Waals surface area contributed by atoms with Crippen molar-refractivity contribution < 1.29 is 9.13 Å². The molecule has 156 valence electrons. The van der Waals surface area contributed by atoms with Crippen molar-refractivity contribution >= 4 is 17.4 Å². The smallest absolute Gasteiger partial charge is 0.258 e. The number of halogens is 2. The largest absolute Gasteiger partial charge is 0.490 e. The van der Waals surface area contributed by atoms with Crippen LogP contribution >= 0.6 is 11.6 Å². The topological polar surface area (TPSA) is 60.2 Å². The van der Waals surface area contributed by atoms with Crippen LogP contribution in [0, 0.1) is 19.7 Å². The van der Waals surface area contributed by atoms with E-state index < -0.39 is 0 Å². The fraction of sp³-hybridized carbons (Fsp3) is 0.318. The van der Waals surface area contributed by atoms with Gasteiger partial charge in [-0.1, -0.05) is 17.7 Å². The Bertz CT molecular complexity index is 1130. The van der Waals surface area contributed by atoms with E-state index in [2.05, 4.69) is 14.9 Å². The summed E-state index contributed by atoms with van der Waals surface area (Å²) in [5, 5.41) is 0.476. The molecule has 0 amide bonds. The average molecular weight is 429 g/mol. The van der Waals surface area contributed by atoms with Gasteiger partial charge in [0.1, 0.15) is 29.3 Å². The lowest BCUT2D eigenvalue weighted by Crippen LogP contribution is -2.38. The minimum Gasteiger partial charge on any atom is -0.490 e. The first kappa shape index (κ1) is 20.3. The summed E-state index contributed by atoms with van der Waals surface area (Å²) >= 11 is 6.52. The van der Waals surface area contributed by atoms with Gasteiger partial charge in [0.05, 0.1) is 16.9 Å². The molecule has 0 radical (unpaired) electrons. The number of hydrogen-bond acceptors (Lipinski definition) is 5. The van der Waals surface area contributed by atoms with Crippen molar-refractivity contribution in [3.8, 4) is 11.4 Å². The van der Waals surface area contributed by atoms with Crippen molar-refractivity contribution in [1.29, 1.82) is 0 Å². The lowest BCUT2D eigenvalue weighted by Gasteiger charge is -2.33. The number of anilines is 1. The van der Waals surface area contributed by atoms with Crippen LogP contribution in [-0.4, -0.2) is 33.7 Å². The molecule has 0 aliphatic carbocycles. The van der Waals surface area contributed by atoms with Crippen molar-refractivity contribution in [2.75, 3.05) is 18.0 Å². The van der Waals surface area contributed by atoms with E-state index in [-0.39, 0.29) is 17.5 Å². The summed E-state index contributed by atoms with van der Waals surface area (Å²) in [6.07, 6.45) is 3.20. The third-order valence-electron chi connectivity index (χ3n) is 5.12. The number of benzene rings is 1. The van der Waals surface area contributed by atoms with Gasteiger partial charge < -0.3 is 9.64 Å². The van der Waals surface area contributed by atoms with Crippen LogP contribution in [-0.2, 0) is 0 Å². The number of nitrogens with zero attached hydrogens (tertiary/aromatic N) is 4. The number of rotatable bonds is 4. The van der Waals surface area contributed by atoms with Gasteiger partial charge in [0, 0.05) is 43.8 Å². The second-order valence-electron chi connectivity index (χ2n) is 7.38. The fourth-order valence-electron chi connectivity index (χ4n) is 3.75. The van der Waals surface area contributed by atoms with E-state index in [1.807, 2.05) is 0 Å². The van der Waals surface area contributed by atoms with Crippen molar-refractivity contribution in [3.63, 3.8) is 0 Å². The highest BCUT2D eigenvalue weighted by Crippen LogP contribution is 2.29.